The smallest absolute Gasteiger partial charge is 0.156 e. The van der Waals surface area contributed by atoms with E-state index >= 15 is 0 Å². The summed E-state index contributed by atoms with van der Waals surface area (Å²) in [5, 5.41) is 0. The van der Waals surface area contributed by atoms with Crippen molar-refractivity contribution in [2.75, 3.05) is 11.6 Å². The molecular formula is C8H15ClO2S. The van der Waals surface area contributed by atoms with Crippen LogP contribution in [-0.2, 0) is 15.3 Å². The fraction of sp³-hybridized carbons (Fsp3) is 1.00. The molecule has 0 heterocycles. The molecule has 1 aliphatic carbocycles. The molecule has 0 N–H and O–H groups in total. The van der Waals surface area contributed by atoms with Crippen molar-refractivity contribution in [1.29, 1.82) is 0 Å². The largest absolute Gasteiger partial charge is 0.287 e. The molecule has 1 aliphatic rings. The highest BCUT2D eigenvalue weighted by atomic mass is 35.5. The lowest BCUT2D eigenvalue weighted by atomic mass is 9.98. The van der Waals surface area contributed by atoms with Crippen molar-refractivity contribution in [2.24, 2.45) is 0 Å². The Morgan fingerprint density at radius 3 is 2.58 bits per heavy atom. The van der Waals surface area contributed by atoms with Gasteiger partial charge in [-0.2, -0.15) is 0 Å². The Labute approximate surface area is 81.3 Å². The Morgan fingerprint density at radius 1 is 1.33 bits per heavy atom. The first-order valence-corrected chi connectivity index (χ1v) is 6.22. The Kier molecular flexibility index (Phi) is 5.19. The molecule has 0 radical (unpaired) electrons. The van der Waals surface area contributed by atoms with E-state index < -0.39 is 11.1 Å². The second kappa shape index (κ2) is 5.95. The van der Waals surface area contributed by atoms with Crippen LogP contribution in [-0.4, -0.2) is 21.9 Å². The Balaban J connectivity index is 2.15. The SMILES string of the molecule is O=S(CCCl)OC1CCCCC1. The summed E-state index contributed by atoms with van der Waals surface area (Å²) in [6.07, 6.45) is 6.07. The third-order valence-corrected chi connectivity index (χ3v) is 3.48. The Morgan fingerprint density at radius 2 is 2.00 bits per heavy atom. The quantitative estimate of drug-likeness (QED) is 0.666. The Bertz CT molecular complexity index is 146. The molecule has 1 fully saturated rings. The van der Waals surface area contributed by atoms with Crippen molar-refractivity contribution < 1.29 is 8.39 Å². The number of hydrogen-bond acceptors (Lipinski definition) is 2. The van der Waals surface area contributed by atoms with Gasteiger partial charge in [0, 0.05) is 5.88 Å². The molecule has 0 aliphatic heterocycles. The molecule has 1 atom stereocenters. The molecule has 0 bridgehead atoms. The van der Waals surface area contributed by atoms with Gasteiger partial charge in [-0.25, -0.2) is 4.21 Å². The van der Waals surface area contributed by atoms with E-state index in [1.54, 1.807) is 0 Å². The number of alkyl halides is 1. The molecular weight excluding hydrogens is 196 g/mol. The monoisotopic (exact) mass is 210 g/mol. The summed E-state index contributed by atoms with van der Waals surface area (Å²) in [5.41, 5.74) is 0. The van der Waals surface area contributed by atoms with Gasteiger partial charge in [0.15, 0.2) is 11.1 Å². The van der Waals surface area contributed by atoms with E-state index in [-0.39, 0.29) is 6.10 Å². The molecule has 0 amide bonds. The van der Waals surface area contributed by atoms with E-state index in [9.17, 15) is 4.21 Å². The van der Waals surface area contributed by atoms with Gasteiger partial charge < -0.3 is 0 Å². The standard InChI is InChI=1S/C8H15ClO2S/c9-6-7-12(10)11-8-4-2-1-3-5-8/h8H,1-7H2. The molecule has 1 rings (SSSR count). The minimum atomic E-state index is -1.15. The van der Waals surface area contributed by atoms with Crippen LogP contribution in [0.4, 0.5) is 0 Å². The van der Waals surface area contributed by atoms with Crippen LogP contribution in [0.5, 0.6) is 0 Å². The fourth-order valence-electron chi connectivity index (χ4n) is 1.42. The highest BCUT2D eigenvalue weighted by molar-refractivity contribution is 7.80. The first-order valence-electron chi connectivity index (χ1n) is 4.44. The van der Waals surface area contributed by atoms with Crippen LogP contribution in [0.2, 0.25) is 0 Å². The van der Waals surface area contributed by atoms with Crippen LogP contribution in [0, 0.1) is 0 Å². The van der Waals surface area contributed by atoms with Crippen LogP contribution in [0.3, 0.4) is 0 Å². The number of rotatable bonds is 4. The van der Waals surface area contributed by atoms with Gasteiger partial charge in [0.1, 0.15) is 0 Å². The molecule has 0 aromatic heterocycles. The predicted octanol–water partition coefficient (Wildman–Crippen LogP) is 2.24. The molecule has 0 aromatic rings. The minimum Gasteiger partial charge on any atom is -0.287 e. The van der Waals surface area contributed by atoms with Crippen molar-refractivity contribution in [3.63, 3.8) is 0 Å². The zero-order valence-electron chi connectivity index (χ0n) is 7.13. The third-order valence-electron chi connectivity index (χ3n) is 2.04. The van der Waals surface area contributed by atoms with E-state index in [1.165, 1.54) is 19.3 Å². The summed E-state index contributed by atoms with van der Waals surface area (Å²) in [6.45, 7) is 0. The molecule has 72 valence electrons. The van der Waals surface area contributed by atoms with Gasteiger partial charge in [0.25, 0.3) is 0 Å². The summed E-state index contributed by atoms with van der Waals surface area (Å²) in [6, 6.07) is 0. The van der Waals surface area contributed by atoms with Gasteiger partial charge in [-0.1, -0.05) is 19.3 Å². The van der Waals surface area contributed by atoms with Gasteiger partial charge in [-0.15, -0.1) is 11.6 Å². The summed E-state index contributed by atoms with van der Waals surface area (Å²) < 4.78 is 16.4. The summed E-state index contributed by atoms with van der Waals surface area (Å²) in [4.78, 5) is 0. The maximum atomic E-state index is 11.1. The maximum absolute atomic E-state index is 11.1. The normalized spacial score (nSPS) is 22.4. The average molecular weight is 211 g/mol. The number of hydrogen-bond donors (Lipinski definition) is 0. The van der Waals surface area contributed by atoms with E-state index in [4.69, 9.17) is 15.8 Å². The highest BCUT2D eigenvalue weighted by Crippen LogP contribution is 2.20. The van der Waals surface area contributed by atoms with Gasteiger partial charge in [0.05, 0.1) is 11.9 Å². The lowest BCUT2D eigenvalue weighted by molar-refractivity contribution is 0.174. The molecule has 0 aromatic carbocycles. The van der Waals surface area contributed by atoms with E-state index in [0.717, 1.165) is 12.8 Å². The first kappa shape index (κ1) is 10.5. The van der Waals surface area contributed by atoms with Crippen molar-refractivity contribution in [1.82, 2.24) is 0 Å². The zero-order valence-corrected chi connectivity index (χ0v) is 8.70. The van der Waals surface area contributed by atoms with Crippen LogP contribution >= 0.6 is 11.6 Å². The van der Waals surface area contributed by atoms with Crippen LogP contribution in [0.15, 0.2) is 0 Å². The van der Waals surface area contributed by atoms with E-state index in [1.807, 2.05) is 0 Å². The van der Waals surface area contributed by atoms with Crippen molar-refractivity contribution in [3.8, 4) is 0 Å². The van der Waals surface area contributed by atoms with E-state index in [2.05, 4.69) is 0 Å². The van der Waals surface area contributed by atoms with Gasteiger partial charge in [0.2, 0.25) is 0 Å². The van der Waals surface area contributed by atoms with Gasteiger partial charge in [-0.3, -0.25) is 4.18 Å². The molecule has 1 saturated carbocycles. The van der Waals surface area contributed by atoms with Crippen molar-refractivity contribution in [3.05, 3.63) is 0 Å². The second-order valence-corrected chi connectivity index (χ2v) is 4.64. The summed E-state index contributed by atoms with van der Waals surface area (Å²) in [7, 11) is 0. The zero-order chi connectivity index (χ0) is 8.81. The molecule has 0 saturated heterocycles. The molecule has 2 nitrogen and oxygen atoms in total. The third kappa shape index (κ3) is 3.87. The lowest BCUT2D eigenvalue weighted by Gasteiger charge is -2.20. The minimum absolute atomic E-state index is 0.225. The van der Waals surface area contributed by atoms with Crippen molar-refractivity contribution in [2.45, 2.75) is 38.2 Å². The first-order chi connectivity index (χ1) is 5.83. The van der Waals surface area contributed by atoms with E-state index in [0.29, 0.717) is 11.6 Å². The van der Waals surface area contributed by atoms with Crippen LogP contribution in [0.25, 0.3) is 0 Å². The maximum Gasteiger partial charge on any atom is 0.156 e. The second-order valence-electron chi connectivity index (χ2n) is 3.05. The number of halogens is 1. The topological polar surface area (TPSA) is 26.3 Å². The van der Waals surface area contributed by atoms with Crippen LogP contribution in [0.1, 0.15) is 32.1 Å². The fourth-order valence-corrected chi connectivity index (χ4v) is 2.52. The lowest BCUT2D eigenvalue weighted by Crippen LogP contribution is -2.19. The van der Waals surface area contributed by atoms with Crippen LogP contribution < -0.4 is 0 Å². The molecule has 4 heteroatoms. The summed E-state index contributed by atoms with van der Waals surface area (Å²) in [5.74, 6) is 0.872. The van der Waals surface area contributed by atoms with Crippen molar-refractivity contribution >= 4 is 22.7 Å². The molecule has 12 heavy (non-hydrogen) atoms. The predicted molar refractivity (Wildman–Crippen MR) is 51.7 cm³/mol. The Hall–Kier alpha value is 0.400. The molecule has 1 unspecified atom stereocenters. The summed E-state index contributed by atoms with van der Waals surface area (Å²) >= 11 is 4.29. The highest BCUT2D eigenvalue weighted by Gasteiger charge is 2.16. The molecule has 0 spiro atoms. The van der Waals surface area contributed by atoms with Gasteiger partial charge in [-0.05, 0) is 12.8 Å². The van der Waals surface area contributed by atoms with Gasteiger partial charge >= 0.3 is 0 Å². The average Bonchev–Trinajstić information content (AvgIpc) is 2.06.